The molecule has 2 aromatic rings. The van der Waals surface area contributed by atoms with Crippen molar-refractivity contribution in [2.75, 3.05) is 5.32 Å². The fraction of sp³-hybridized carbons (Fsp3) is 0.278. The first-order valence-electron chi connectivity index (χ1n) is 7.40. The molecule has 5 heteroatoms. The van der Waals surface area contributed by atoms with E-state index in [0.29, 0.717) is 17.9 Å². The van der Waals surface area contributed by atoms with Crippen LogP contribution in [0.5, 0.6) is 5.75 Å². The van der Waals surface area contributed by atoms with Crippen LogP contribution in [0, 0.1) is 19.7 Å². The van der Waals surface area contributed by atoms with Gasteiger partial charge in [-0.25, -0.2) is 4.39 Å². The third kappa shape index (κ3) is 4.45. The zero-order valence-electron chi connectivity index (χ0n) is 13.3. The summed E-state index contributed by atoms with van der Waals surface area (Å²) in [7, 11) is 0. The van der Waals surface area contributed by atoms with E-state index in [1.54, 1.807) is 0 Å². The fourth-order valence-electron chi connectivity index (χ4n) is 2.20. The third-order valence-electron chi connectivity index (χ3n) is 3.45. The summed E-state index contributed by atoms with van der Waals surface area (Å²) in [5.74, 6) is -0.145. The molecule has 0 aliphatic rings. The minimum atomic E-state index is -0.639. The highest BCUT2D eigenvalue weighted by molar-refractivity contribution is 6.31. The number of ether oxygens (including phenoxy) is 1. The summed E-state index contributed by atoms with van der Waals surface area (Å²) in [4.78, 5) is 12.3. The van der Waals surface area contributed by atoms with Crippen LogP contribution in [0.15, 0.2) is 36.4 Å². The molecule has 0 heterocycles. The molecular formula is C18H19ClFNO2. The van der Waals surface area contributed by atoms with Crippen molar-refractivity contribution in [1.29, 1.82) is 0 Å². The molecule has 0 aliphatic carbocycles. The van der Waals surface area contributed by atoms with Gasteiger partial charge in [0.2, 0.25) is 0 Å². The quantitative estimate of drug-likeness (QED) is 0.844. The molecule has 122 valence electrons. The number of carbonyl (C=O) groups excluding carboxylic acids is 1. The Morgan fingerprint density at radius 2 is 2.00 bits per heavy atom. The summed E-state index contributed by atoms with van der Waals surface area (Å²) in [6.07, 6.45) is -0.131. The van der Waals surface area contributed by atoms with Gasteiger partial charge in [-0.05, 0) is 50.1 Å². The SMILES string of the molecule is CC[C@H](Oc1ccc(C)cc1C)C(=O)Nc1ccc(F)c(Cl)c1. The lowest BCUT2D eigenvalue weighted by Crippen LogP contribution is -2.32. The van der Waals surface area contributed by atoms with Gasteiger partial charge in [0.1, 0.15) is 11.6 Å². The Labute approximate surface area is 140 Å². The number of aryl methyl sites for hydroxylation is 2. The monoisotopic (exact) mass is 335 g/mol. The van der Waals surface area contributed by atoms with Crippen molar-refractivity contribution >= 4 is 23.2 Å². The summed E-state index contributed by atoms with van der Waals surface area (Å²) in [5.41, 5.74) is 2.54. The van der Waals surface area contributed by atoms with Gasteiger partial charge in [-0.15, -0.1) is 0 Å². The van der Waals surface area contributed by atoms with E-state index in [1.807, 2.05) is 39.0 Å². The van der Waals surface area contributed by atoms with Gasteiger partial charge in [0.25, 0.3) is 5.91 Å². The summed E-state index contributed by atoms with van der Waals surface area (Å²) in [5, 5.41) is 2.66. The van der Waals surface area contributed by atoms with Gasteiger partial charge in [0, 0.05) is 5.69 Å². The number of halogens is 2. The first-order valence-corrected chi connectivity index (χ1v) is 7.78. The normalized spacial score (nSPS) is 11.9. The van der Waals surface area contributed by atoms with Gasteiger partial charge in [0.05, 0.1) is 5.02 Å². The predicted molar refractivity (Wildman–Crippen MR) is 90.7 cm³/mol. The van der Waals surface area contributed by atoms with Crippen molar-refractivity contribution in [1.82, 2.24) is 0 Å². The van der Waals surface area contributed by atoms with Crippen molar-refractivity contribution in [3.8, 4) is 5.75 Å². The maximum Gasteiger partial charge on any atom is 0.265 e. The van der Waals surface area contributed by atoms with Crippen molar-refractivity contribution in [2.24, 2.45) is 0 Å². The molecular weight excluding hydrogens is 317 g/mol. The largest absolute Gasteiger partial charge is 0.480 e. The van der Waals surface area contributed by atoms with E-state index < -0.39 is 11.9 Å². The molecule has 0 unspecified atom stereocenters. The van der Waals surface area contributed by atoms with Crippen molar-refractivity contribution < 1.29 is 13.9 Å². The Balaban J connectivity index is 2.10. The molecule has 2 aromatic carbocycles. The van der Waals surface area contributed by atoms with E-state index in [4.69, 9.17) is 16.3 Å². The van der Waals surface area contributed by atoms with Crippen LogP contribution in [0.1, 0.15) is 24.5 Å². The van der Waals surface area contributed by atoms with Crippen LogP contribution in [0.3, 0.4) is 0 Å². The molecule has 0 saturated carbocycles. The van der Waals surface area contributed by atoms with Crippen LogP contribution in [-0.2, 0) is 4.79 Å². The summed E-state index contributed by atoms with van der Waals surface area (Å²) < 4.78 is 19.0. The second-order valence-corrected chi connectivity index (χ2v) is 5.81. The molecule has 0 fully saturated rings. The van der Waals surface area contributed by atoms with E-state index in [1.165, 1.54) is 18.2 Å². The Hall–Kier alpha value is -2.07. The second-order valence-electron chi connectivity index (χ2n) is 5.40. The average molecular weight is 336 g/mol. The van der Waals surface area contributed by atoms with Gasteiger partial charge >= 0.3 is 0 Å². The maximum atomic E-state index is 13.2. The Kier molecular flexibility index (Phi) is 5.61. The fourth-order valence-corrected chi connectivity index (χ4v) is 2.38. The molecule has 0 radical (unpaired) electrons. The molecule has 0 aromatic heterocycles. The lowest BCUT2D eigenvalue weighted by atomic mass is 10.1. The van der Waals surface area contributed by atoms with Crippen molar-refractivity contribution in [2.45, 2.75) is 33.3 Å². The number of nitrogens with one attached hydrogen (secondary N) is 1. The molecule has 0 bridgehead atoms. The van der Waals surface area contributed by atoms with Gasteiger partial charge < -0.3 is 10.1 Å². The molecule has 0 aliphatic heterocycles. The van der Waals surface area contributed by atoms with E-state index in [2.05, 4.69) is 5.32 Å². The number of hydrogen-bond donors (Lipinski definition) is 1. The number of anilines is 1. The highest BCUT2D eigenvalue weighted by Crippen LogP contribution is 2.23. The number of carbonyl (C=O) groups is 1. The Morgan fingerprint density at radius 3 is 2.61 bits per heavy atom. The van der Waals surface area contributed by atoms with Crippen LogP contribution in [-0.4, -0.2) is 12.0 Å². The Bertz CT molecular complexity index is 718. The highest BCUT2D eigenvalue weighted by Gasteiger charge is 2.19. The number of benzene rings is 2. The molecule has 1 atom stereocenters. The van der Waals surface area contributed by atoms with Gasteiger partial charge in [-0.2, -0.15) is 0 Å². The number of hydrogen-bond acceptors (Lipinski definition) is 2. The maximum absolute atomic E-state index is 13.2. The van der Waals surface area contributed by atoms with E-state index in [9.17, 15) is 9.18 Å². The second kappa shape index (κ2) is 7.47. The highest BCUT2D eigenvalue weighted by atomic mass is 35.5. The van der Waals surface area contributed by atoms with Crippen LogP contribution in [0.2, 0.25) is 5.02 Å². The molecule has 1 amide bonds. The summed E-state index contributed by atoms with van der Waals surface area (Å²) in [6.45, 7) is 5.80. The molecule has 0 spiro atoms. The van der Waals surface area contributed by atoms with E-state index in [0.717, 1.165) is 11.1 Å². The van der Waals surface area contributed by atoms with Gasteiger partial charge in [-0.1, -0.05) is 36.2 Å². The van der Waals surface area contributed by atoms with Crippen molar-refractivity contribution in [3.63, 3.8) is 0 Å². The summed E-state index contributed by atoms with van der Waals surface area (Å²) in [6, 6.07) is 9.84. The molecule has 23 heavy (non-hydrogen) atoms. The smallest absolute Gasteiger partial charge is 0.265 e. The lowest BCUT2D eigenvalue weighted by Gasteiger charge is -2.19. The van der Waals surface area contributed by atoms with E-state index >= 15 is 0 Å². The van der Waals surface area contributed by atoms with Crippen LogP contribution < -0.4 is 10.1 Å². The van der Waals surface area contributed by atoms with Gasteiger partial charge in [-0.3, -0.25) is 4.79 Å². The van der Waals surface area contributed by atoms with Crippen LogP contribution >= 0.6 is 11.6 Å². The van der Waals surface area contributed by atoms with Crippen molar-refractivity contribution in [3.05, 3.63) is 58.4 Å². The first-order chi connectivity index (χ1) is 10.9. The zero-order chi connectivity index (χ0) is 17.0. The number of amides is 1. The van der Waals surface area contributed by atoms with E-state index in [-0.39, 0.29) is 10.9 Å². The molecule has 0 saturated heterocycles. The topological polar surface area (TPSA) is 38.3 Å². The molecule has 2 rings (SSSR count). The molecule has 1 N–H and O–H groups in total. The van der Waals surface area contributed by atoms with Crippen LogP contribution in [0.25, 0.3) is 0 Å². The zero-order valence-corrected chi connectivity index (χ0v) is 14.1. The third-order valence-corrected chi connectivity index (χ3v) is 3.74. The first kappa shape index (κ1) is 17.3. The average Bonchev–Trinajstić information content (AvgIpc) is 2.50. The lowest BCUT2D eigenvalue weighted by molar-refractivity contribution is -0.122. The summed E-state index contributed by atoms with van der Waals surface area (Å²) >= 11 is 5.72. The van der Waals surface area contributed by atoms with Crippen LogP contribution in [0.4, 0.5) is 10.1 Å². The van der Waals surface area contributed by atoms with Gasteiger partial charge in [0.15, 0.2) is 6.10 Å². The molecule has 3 nitrogen and oxygen atoms in total. The Morgan fingerprint density at radius 1 is 1.26 bits per heavy atom. The standard InChI is InChI=1S/C18H19ClFNO2/c1-4-16(23-17-8-5-11(2)9-12(17)3)18(22)21-13-6-7-15(20)14(19)10-13/h5-10,16H,4H2,1-3H3,(H,21,22)/t16-/m0/s1. The minimum Gasteiger partial charge on any atom is -0.480 e. The minimum absolute atomic E-state index is 0.0360. The predicted octanol–water partition coefficient (Wildman–Crippen LogP) is 4.89. The number of rotatable bonds is 5.